The number of hydrogen-bond acceptors (Lipinski definition) is 10. The summed E-state index contributed by atoms with van der Waals surface area (Å²) in [5, 5.41) is 0. The Hall–Kier alpha value is -2.65. The predicted octanol–water partition coefficient (Wildman–Crippen LogP) is 2.44. The lowest BCUT2D eigenvalue weighted by Gasteiger charge is -2.36. The van der Waals surface area contributed by atoms with E-state index in [-0.39, 0.29) is 25.4 Å². The summed E-state index contributed by atoms with van der Waals surface area (Å²) < 4.78 is 36.5. The lowest BCUT2D eigenvalue weighted by molar-refractivity contribution is -0.161. The Labute approximate surface area is 168 Å². The molecule has 3 aliphatic heterocycles. The summed E-state index contributed by atoms with van der Waals surface area (Å²) in [7, 11) is 0. The van der Waals surface area contributed by atoms with E-state index in [0.29, 0.717) is 26.1 Å². The van der Waals surface area contributed by atoms with Crippen LogP contribution in [0.2, 0.25) is 0 Å². The topological polar surface area (TPSA) is 116 Å². The van der Waals surface area contributed by atoms with Crippen LogP contribution >= 0.6 is 0 Å². The Balaban J connectivity index is 1.52. The van der Waals surface area contributed by atoms with Gasteiger partial charge in [0, 0.05) is 6.42 Å². The van der Waals surface area contributed by atoms with Crippen molar-refractivity contribution < 1.29 is 47.5 Å². The molecule has 29 heavy (non-hydrogen) atoms. The minimum Gasteiger partial charge on any atom is -0.465 e. The van der Waals surface area contributed by atoms with Crippen LogP contribution in [0.1, 0.15) is 39.5 Å². The van der Waals surface area contributed by atoms with Crippen LogP contribution in [0.5, 0.6) is 0 Å². The number of hydrogen-bond donors (Lipinski definition) is 0. The molecule has 4 atom stereocenters. The molecule has 0 amide bonds. The summed E-state index contributed by atoms with van der Waals surface area (Å²) in [6, 6.07) is 0. The van der Waals surface area contributed by atoms with Crippen LogP contribution in [-0.4, -0.2) is 62.5 Å². The second-order valence-electron chi connectivity index (χ2n) is 7.44. The quantitative estimate of drug-likeness (QED) is 0.433. The highest BCUT2D eigenvalue weighted by molar-refractivity contribution is 5.72. The maximum Gasteiger partial charge on any atom is 0.509 e. The lowest BCUT2D eigenvalue weighted by atomic mass is 9.87. The van der Waals surface area contributed by atoms with Gasteiger partial charge < -0.3 is 33.2 Å². The van der Waals surface area contributed by atoms with Crippen LogP contribution in [0.15, 0.2) is 12.5 Å². The van der Waals surface area contributed by atoms with Gasteiger partial charge in [-0.1, -0.05) is 13.8 Å². The molecule has 0 aromatic carbocycles. The molecule has 3 fully saturated rings. The van der Waals surface area contributed by atoms with Gasteiger partial charge in [0.05, 0.1) is 11.8 Å². The van der Waals surface area contributed by atoms with Crippen LogP contribution in [0.25, 0.3) is 0 Å². The molecular formula is C19H26O10. The fourth-order valence-corrected chi connectivity index (χ4v) is 3.40. The van der Waals surface area contributed by atoms with E-state index < -0.39 is 48.1 Å². The first-order valence-corrected chi connectivity index (χ1v) is 9.69. The zero-order valence-corrected chi connectivity index (χ0v) is 16.5. The number of cyclic esters (lactones) is 4. The Kier molecular flexibility index (Phi) is 6.39. The zero-order valence-electron chi connectivity index (χ0n) is 16.5. The normalized spacial score (nSPS) is 30.3. The number of rotatable bonds is 8. The highest BCUT2D eigenvalue weighted by atomic mass is 16.8. The summed E-state index contributed by atoms with van der Waals surface area (Å²) >= 11 is 0. The Bertz CT molecular complexity index is 649. The van der Waals surface area contributed by atoms with Crippen molar-refractivity contribution in [2.45, 2.75) is 63.9 Å². The first-order valence-electron chi connectivity index (χ1n) is 9.69. The predicted molar refractivity (Wildman–Crippen MR) is 94.5 cm³/mol. The molecule has 3 aliphatic rings. The number of esters is 1. The van der Waals surface area contributed by atoms with Crippen LogP contribution in [0, 0.1) is 5.41 Å². The zero-order chi connectivity index (χ0) is 21.0. The fraction of sp³-hybridized carbons (Fsp3) is 0.737. The largest absolute Gasteiger partial charge is 0.509 e. The highest BCUT2D eigenvalue weighted by Gasteiger charge is 2.45. The van der Waals surface area contributed by atoms with Crippen molar-refractivity contribution in [1.29, 1.82) is 0 Å². The Morgan fingerprint density at radius 3 is 2.14 bits per heavy atom. The number of carbonyl (C=O) groups is 3. The lowest BCUT2D eigenvalue weighted by Crippen LogP contribution is -2.41. The average molecular weight is 414 g/mol. The molecule has 0 aliphatic carbocycles. The molecule has 0 N–H and O–H groups in total. The van der Waals surface area contributed by atoms with E-state index in [2.05, 4.69) is 6.58 Å². The smallest absolute Gasteiger partial charge is 0.465 e. The van der Waals surface area contributed by atoms with Crippen LogP contribution in [0.3, 0.4) is 0 Å². The molecule has 0 aromatic rings. The van der Waals surface area contributed by atoms with Crippen molar-refractivity contribution in [1.82, 2.24) is 0 Å². The molecule has 4 unspecified atom stereocenters. The van der Waals surface area contributed by atoms with E-state index in [1.807, 2.05) is 13.8 Å². The van der Waals surface area contributed by atoms with Gasteiger partial charge in [0.15, 0.2) is 6.10 Å². The maximum atomic E-state index is 12.3. The van der Waals surface area contributed by atoms with E-state index >= 15 is 0 Å². The highest BCUT2D eigenvalue weighted by Crippen LogP contribution is 2.31. The average Bonchev–Trinajstić information content (AvgIpc) is 3.23. The molecule has 0 aromatic heterocycles. The number of ether oxygens (including phenoxy) is 7. The van der Waals surface area contributed by atoms with Gasteiger partial charge in [-0.15, -0.1) is 0 Å². The maximum absolute atomic E-state index is 12.3. The summed E-state index contributed by atoms with van der Waals surface area (Å²) in [5.74, 6) is -0.289. The van der Waals surface area contributed by atoms with Crippen molar-refractivity contribution in [3.63, 3.8) is 0 Å². The first-order chi connectivity index (χ1) is 13.8. The third kappa shape index (κ3) is 5.04. The molecule has 3 heterocycles. The van der Waals surface area contributed by atoms with Gasteiger partial charge >= 0.3 is 18.3 Å². The summed E-state index contributed by atoms with van der Waals surface area (Å²) in [6.07, 6.45) is -2.96. The fourth-order valence-electron chi connectivity index (χ4n) is 3.40. The van der Waals surface area contributed by atoms with Gasteiger partial charge in [-0.05, 0) is 19.4 Å². The van der Waals surface area contributed by atoms with Crippen LogP contribution < -0.4 is 0 Å². The molecule has 3 rings (SSSR count). The van der Waals surface area contributed by atoms with Gasteiger partial charge in [0.1, 0.15) is 38.1 Å². The van der Waals surface area contributed by atoms with Gasteiger partial charge in [0.25, 0.3) is 5.95 Å². The van der Waals surface area contributed by atoms with Crippen molar-refractivity contribution in [3.05, 3.63) is 12.5 Å². The molecule has 3 saturated heterocycles. The monoisotopic (exact) mass is 414 g/mol. The van der Waals surface area contributed by atoms with E-state index in [4.69, 9.17) is 33.2 Å². The third-order valence-electron chi connectivity index (χ3n) is 5.42. The second kappa shape index (κ2) is 8.79. The van der Waals surface area contributed by atoms with Crippen molar-refractivity contribution >= 4 is 18.3 Å². The minimum absolute atomic E-state index is 0.105. The summed E-state index contributed by atoms with van der Waals surface area (Å²) in [6.45, 7) is 8.18. The first kappa shape index (κ1) is 21.1. The molecule has 0 saturated carbocycles. The van der Waals surface area contributed by atoms with Crippen molar-refractivity contribution in [3.8, 4) is 0 Å². The SMILES string of the molecule is C=C1OCC(CC)(COC(=O)CC2OC(=O)OC2CC2OC(=O)OC2CC)CO1. The molecule has 10 heteroatoms. The van der Waals surface area contributed by atoms with E-state index in [1.165, 1.54) is 0 Å². The molecule has 0 radical (unpaired) electrons. The van der Waals surface area contributed by atoms with Crippen LogP contribution in [-0.2, 0) is 38.0 Å². The number of carbonyl (C=O) groups excluding carboxylic acids is 3. The van der Waals surface area contributed by atoms with Gasteiger partial charge in [-0.2, -0.15) is 0 Å². The van der Waals surface area contributed by atoms with Crippen molar-refractivity contribution in [2.24, 2.45) is 5.41 Å². The van der Waals surface area contributed by atoms with E-state index in [0.717, 1.165) is 0 Å². The van der Waals surface area contributed by atoms with E-state index in [9.17, 15) is 14.4 Å². The minimum atomic E-state index is -0.872. The molecule has 10 nitrogen and oxygen atoms in total. The Morgan fingerprint density at radius 2 is 1.55 bits per heavy atom. The van der Waals surface area contributed by atoms with Crippen molar-refractivity contribution in [2.75, 3.05) is 19.8 Å². The van der Waals surface area contributed by atoms with Gasteiger partial charge in [0.2, 0.25) is 0 Å². The summed E-state index contributed by atoms with van der Waals surface area (Å²) in [5.41, 5.74) is -0.456. The van der Waals surface area contributed by atoms with Crippen LogP contribution in [0.4, 0.5) is 9.59 Å². The standard InChI is InChI=1S/C19H26O10/c1-4-12-13(27-17(21)26-12)6-14-15(29-18(22)28-14)7-16(20)25-10-19(5-2)8-23-11(3)24-9-19/h12-15H,3-10H2,1-2H3. The Morgan fingerprint density at radius 1 is 1.00 bits per heavy atom. The molecule has 0 bridgehead atoms. The summed E-state index contributed by atoms with van der Waals surface area (Å²) in [4.78, 5) is 35.3. The third-order valence-corrected chi connectivity index (χ3v) is 5.42. The molecular weight excluding hydrogens is 388 g/mol. The van der Waals surface area contributed by atoms with E-state index in [1.54, 1.807) is 0 Å². The van der Waals surface area contributed by atoms with Gasteiger partial charge in [-0.25, -0.2) is 9.59 Å². The molecule has 0 spiro atoms. The second-order valence-corrected chi connectivity index (χ2v) is 7.44. The molecule has 162 valence electrons. The van der Waals surface area contributed by atoms with Gasteiger partial charge in [-0.3, -0.25) is 4.79 Å².